The van der Waals surface area contributed by atoms with E-state index in [1.54, 1.807) is 18.0 Å². The monoisotopic (exact) mass is 323 g/mol. The Morgan fingerprint density at radius 3 is 3.00 bits per heavy atom. The van der Waals surface area contributed by atoms with E-state index in [9.17, 15) is 4.79 Å². The van der Waals surface area contributed by atoms with Gasteiger partial charge in [0.05, 0.1) is 11.4 Å². The van der Waals surface area contributed by atoms with E-state index in [4.69, 9.17) is 0 Å². The van der Waals surface area contributed by atoms with Gasteiger partial charge in [-0.25, -0.2) is 0 Å². The Morgan fingerprint density at radius 2 is 2.17 bits per heavy atom. The third-order valence-corrected chi connectivity index (χ3v) is 5.52. The van der Waals surface area contributed by atoms with Gasteiger partial charge >= 0.3 is 0 Å². The summed E-state index contributed by atoms with van der Waals surface area (Å²) in [5, 5.41) is 4.60. The summed E-state index contributed by atoms with van der Waals surface area (Å²) in [4.78, 5) is 17.1. The zero-order chi connectivity index (χ0) is 15.8. The lowest BCUT2D eigenvalue weighted by molar-refractivity contribution is 0.0957. The van der Waals surface area contributed by atoms with Crippen LogP contribution in [-0.2, 0) is 7.05 Å². The first-order valence-electron chi connectivity index (χ1n) is 7.60. The van der Waals surface area contributed by atoms with E-state index < -0.39 is 0 Å². The molecule has 2 unspecified atom stereocenters. The smallest absolute Gasteiger partial charge is 0.182 e. The molecule has 4 nitrogen and oxygen atoms in total. The molecule has 5 heteroatoms. The Labute approximate surface area is 138 Å². The normalized spacial score (nSPS) is 20.9. The summed E-state index contributed by atoms with van der Waals surface area (Å²) in [7, 11) is 1.98. The maximum absolute atomic E-state index is 12.9. The van der Waals surface area contributed by atoms with Crippen LogP contribution in [0.1, 0.15) is 21.3 Å². The summed E-state index contributed by atoms with van der Waals surface area (Å²) in [6, 6.07) is 11.9. The lowest BCUT2D eigenvalue weighted by Gasteiger charge is -2.12. The summed E-state index contributed by atoms with van der Waals surface area (Å²) < 4.78 is 2.02. The fraction of sp³-hybridized carbons (Fsp3) is 0.222. The number of fused-ring (bicyclic) bond motifs is 1. The number of hydrogen-bond donors (Lipinski definition) is 1. The Balaban J connectivity index is 1.60. The summed E-state index contributed by atoms with van der Waals surface area (Å²) in [6.45, 7) is 0. The van der Waals surface area contributed by atoms with Crippen LogP contribution >= 0.6 is 11.8 Å². The van der Waals surface area contributed by atoms with E-state index >= 15 is 0 Å². The van der Waals surface area contributed by atoms with Crippen LogP contribution in [0.25, 0.3) is 10.9 Å². The van der Waals surface area contributed by atoms with Crippen molar-refractivity contribution in [2.45, 2.75) is 11.4 Å². The van der Waals surface area contributed by atoms with Gasteiger partial charge in [0.2, 0.25) is 0 Å². The second-order valence-electron chi connectivity index (χ2n) is 5.75. The second-order valence-corrected chi connectivity index (χ2v) is 6.89. The van der Waals surface area contributed by atoms with Gasteiger partial charge in [0.15, 0.2) is 5.78 Å². The average molecular weight is 323 g/mol. The van der Waals surface area contributed by atoms with E-state index in [0.29, 0.717) is 0 Å². The van der Waals surface area contributed by atoms with Gasteiger partial charge in [-0.05, 0) is 17.7 Å². The first-order valence-corrected chi connectivity index (χ1v) is 8.65. The molecule has 4 rings (SSSR count). The minimum absolute atomic E-state index is 0.132. The minimum atomic E-state index is -0.156. The minimum Gasteiger partial charge on any atom is -0.350 e. The van der Waals surface area contributed by atoms with Gasteiger partial charge in [0.25, 0.3) is 0 Å². The van der Waals surface area contributed by atoms with Crippen LogP contribution in [-0.4, -0.2) is 27.1 Å². The van der Waals surface area contributed by atoms with Crippen LogP contribution in [0.15, 0.2) is 55.0 Å². The molecule has 116 valence electrons. The molecule has 1 saturated heterocycles. The fourth-order valence-electron chi connectivity index (χ4n) is 3.07. The molecule has 0 aliphatic carbocycles. The maximum Gasteiger partial charge on any atom is 0.182 e. The number of nitrogens with one attached hydrogen (secondary N) is 1. The zero-order valence-corrected chi connectivity index (χ0v) is 13.6. The van der Waals surface area contributed by atoms with Crippen molar-refractivity contribution in [2.75, 3.05) is 5.75 Å². The van der Waals surface area contributed by atoms with E-state index in [0.717, 1.165) is 27.8 Å². The number of ketones is 1. The largest absolute Gasteiger partial charge is 0.350 e. The van der Waals surface area contributed by atoms with E-state index in [2.05, 4.69) is 10.3 Å². The number of para-hydroxylation sites is 1. The number of aryl methyl sites for hydroxylation is 1. The molecule has 0 radical (unpaired) electrons. The van der Waals surface area contributed by atoms with Crippen LogP contribution in [0.5, 0.6) is 0 Å². The van der Waals surface area contributed by atoms with Gasteiger partial charge in [-0.15, -0.1) is 11.8 Å². The van der Waals surface area contributed by atoms with Crippen molar-refractivity contribution in [2.24, 2.45) is 7.05 Å². The molecule has 2 atom stereocenters. The SMILES string of the molecule is Cn1cc(C(=O)C2CSC(c3cccnc3)N2)c2ccccc21. The quantitative estimate of drug-likeness (QED) is 0.752. The summed E-state index contributed by atoms with van der Waals surface area (Å²) in [6.07, 6.45) is 5.56. The third-order valence-electron chi connectivity index (χ3n) is 4.25. The molecule has 0 saturated carbocycles. The highest BCUT2D eigenvalue weighted by molar-refractivity contribution is 7.99. The molecule has 3 heterocycles. The van der Waals surface area contributed by atoms with E-state index in [1.807, 2.05) is 60.4 Å². The molecular weight excluding hydrogens is 306 g/mol. The average Bonchev–Trinajstić information content (AvgIpc) is 3.21. The molecule has 0 amide bonds. The van der Waals surface area contributed by atoms with Gasteiger partial charge in [0, 0.05) is 47.9 Å². The highest BCUT2D eigenvalue weighted by atomic mass is 32.2. The molecule has 2 aromatic heterocycles. The molecule has 0 bridgehead atoms. The van der Waals surface area contributed by atoms with Crippen molar-refractivity contribution in [1.82, 2.24) is 14.9 Å². The van der Waals surface area contributed by atoms with Crippen molar-refractivity contribution >= 4 is 28.4 Å². The van der Waals surface area contributed by atoms with Gasteiger partial charge < -0.3 is 4.57 Å². The molecule has 3 aromatic rings. The topological polar surface area (TPSA) is 46.9 Å². The summed E-state index contributed by atoms with van der Waals surface area (Å²) in [5.74, 6) is 0.947. The first-order chi connectivity index (χ1) is 11.2. The number of carbonyl (C=O) groups excluding carboxylic acids is 1. The van der Waals surface area contributed by atoms with Gasteiger partial charge in [0.1, 0.15) is 0 Å². The molecular formula is C18H17N3OS. The predicted octanol–water partition coefficient (Wildman–Crippen LogP) is 3.16. The Kier molecular flexibility index (Phi) is 3.67. The Hall–Kier alpha value is -2.11. The number of hydrogen-bond acceptors (Lipinski definition) is 4. The molecule has 1 aliphatic rings. The number of carbonyl (C=O) groups is 1. The van der Waals surface area contributed by atoms with Crippen molar-refractivity contribution < 1.29 is 4.79 Å². The Morgan fingerprint density at radius 1 is 1.30 bits per heavy atom. The second kappa shape index (κ2) is 5.83. The number of Topliss-reactive ketones (excluding diaryl/α,β-unsaturated/α-hetero) is 1. The number of thioether (sulfide) groups is 1. The molecule has 0 spiro atoms. The number of aromatic nitrogens is 2. The lowest BCUT2D eigenvalue weighted by atomic mass is 10.0. The summed E-state index contributed by atoms with van der Waals surface area (Å²) in [5.41, 5.74) is 3.00. The molecule has 23 heavy (non-hydrogen) atoms. The highest BCUT2D eigenvalue weighted by Gasteiger charge is 2.32. The predicted molar refractivity (Wildman–Crippen MR) is 93.6 cm³/mol. The van der Waals surface area contributed by atoms with Crippen molar-refractivity contribution in [1.29, 1.82) is 0 Å². The lowest BCUT2D eigenvalue weighted by Crippen LogP contribution is -2.34. The van der Waals surface area contributed by atoms with Crippen molar-refractivity contribution in [3.8, 4) is 0 Å². The van der Waals surface area contributed by atoms with E-state index in [-0.39, 0.29) is 17.2 Å². The third kappa shape index (κ3) is 2.56. The molecule has 1 aromatic carbocycles. The Bertz CT molecular complexity index is 859. The number of benzene rings is 1. The van der Waals surface area contributed by atoms with E-state index in [1.165, 1.54) is 0 Å². The standard InChI is InChI=1S/C18H17N3OS/c1-21-10-14(13-6-2-3-7-16(13)21)17(22)15-11-23-18(20-15)12-5-4-8-19-9-12/h2-10,15,18,20H,11H2,1H3. The number of rotatable bonds is 3. The van der Waals surface area contributed by atoms with Crippen molar-refractivity contribution in [3.05, 3.63) is 66.1 Å². The first kappa shape index (κ1) is 14.5. The van der Waals surface area contributed by atoms with Gasteiger partial charge in [-0.3, -0.25) is 15.1 Å². The van der Waals surface area contributed by atoms with Crippen molar-refractivity contribution in [3.63, 3.8) is 0 Å². The molecule has 1 fully saturated rings. The molecule has 1 aliphatic heterocycles. The fourth-order valence-corrected chi connectivity index (χ4v) is 4.30. The van der Waals surface area contributed by atoms with Gasteiger partial charge in [-0.1, -0.05) is 24.3 Å². The summed E-state index contributed by atoms with van der Waals surface area (Å²) >= 11 is 1.76. The number of pyridine rings is 1. The van der Waals surface area contributed by atoms with Gasteiger partial charge in [-0.2, -0.15) is 0 Å². The molecule has 1 N–H and O–H groups in total. The van der Waals surface area contributed by atoms with Crippen LogP contribution in [0.4, 0.5) is 0 Å². The van der Waals surface area contributed by atoms with Crippen LogP contribution in [0.3, 0.4) is 0 Å². The van der Waals surface area contributed by atoms with Crippen LogP contribution in [0, 0.1) is 0 Å². The zero-order valence-electron chi connectivity index (χ0n) is 12.8. The van der Waals surface area contributed by atoms with Crippen LogP contribution < -0.4 is 5.32 Å². The van der Waals surface area contributed by atoms with Crippen LogP contribution in [0.2, 0.25) is 0 Å². The number of nitrogens with zero attached hydrogens (tertiary/aromatic N) is 2. The maximum atomic E-state index is 12.9. The highest BCUT2D eigenvalue weighted by Crippen LogP contribution is 2.34.